The summed E-state index contributed by atoms with van der Waals surface area (Å²) in [4.78, 5) is 0. The number of rotatable bonds is 9. The summed E-state index contributed by atoms with van der Waals surface area (Å²) >= 11 is 0. The second-order valence-corrected chi connectivity index (χ2v) is 9.66. The summed E-state index contributed by atoms with van der Waals surface area (Å²) in [6.45, 7) is 0. The molecular formula is C38H30O2. The average Bonchev–Trinajstić information content (AvgIpc) is 3.05. The summed E-state index contributed by atoms with van der Waals surface area (Å²) in [6, 6.07) is 61.7. The van der Waals surface area contributed by atoms with E-state index in [1.807, 2.05) is 84.9 Å². The quantitative estimate of drug-likeness (QED) is 0.190. The van der Waals surface area contributed by atoms with Crippen LogP contribution in [0.15, 0.2) is 182 Å². The minimum Gasteiger partial charge on any atom is -0.473 e. The summed E-state index contributed by atoms with van der Waals surface area (Å²) in [7, 11) is 0. The van der Waals surface area contributed by atoms with Crippen LogP contribution in [0.2, 0.25) is 0 Å². The molecule has 0 N–H and O–H groups in total. The molecule has 0 saturated heterocycles. The summed E-state index contributed by atoms with van der Waals surface area (Å²) < 4.78 is 14.8. The van der Waals surface area contributed by atoms with E-state index in [-0.39, 0.29) is 0 Å². The van der Waals surface area contributed by atoms with Gasteiger partial charge in [-0.3, -0.25) is 0 Å². The molecule has 0 radical (unpaired) electrons. The van der Waals surface area contributed by atoms with Crippen molar-refractivity contribution in [2.75, 3.05) is 0 Å². The summed E-state index contributed by atoms with van der Waals surface area (Å²) in [5.41, 5.74) is 1.55. The highest BCUT2D eigenvalue weighted by Crippen LogP contribution is 2.54. The monoisotopic (exact) mass is 518 g/mol. The molecule has 0 unspecified atom stereocenters. The fraction of sp³-hybridized carbons (Fsp3) is 0.0526. The molecular weight excluding hydrogens is 488 g/mol. The third kappa shape index (κ3) is 4.54. The minimum absolute atomic E-state index is 0.739. The molecule has 2 nitrogen and oxygen atoms in total. The number of hydrogen-bond donors (Lipinski definition) is 0. The van der Waals surface area contributed by atoms with Crippen LogP contribution in [0.25, 0.3) is 0 Å². The highest BCUT2D eigenvalue weighted by atomic mass is 16.6. The second-order valence-electron chi connectivity index (χ2n) is 9.66. The van der Waals surface area contributed by atoms with Gasteiger partial charge in [0.1, 0.15) is 11.5 Å². The van der Waals surface area contributed by atoms with Gasteiger partial charge in [-0.25, -0.2) is 0 Å². The third-order valence-corrected chi connectivity index (χ3v) is 7.25. The lowest BCUT2D eigenvalue weighted by molar-refractivity contribution is -0.0775. The predicted molar refractivity (Wildman–Crippen MR) is 161 cm³/mol. The normalized spacial score (nSPS) is 11.5. The van der Waals surface area contributed by atoms with Crippen LogP contribution < -0.4 is 9.47 Å². The zero-order valence-corrected chi connectivity index (χ0v) is 22.1. The van der Waals surface area contributed by atoms with Gasteiger partial charge in [-0.2, -0.15) is 0 Å². The van der Waals surface area contributed by atoms with E-state index < -0.39 is 11.2 Å². The zero-order valence-electron chi connectivity index (χ0n) is 22.1. The highest BCUT2D eigenvalue weighted by molar-refractivity contribution is 5.53. The van der Waals surface area contributed by atoms with E-state index >= 15 is 0 Å². The topological polar surface area (TPSA) is 18.5 Å². The molecule has 6 aromatic rings. The molecule has 0 spiro atoms. The lowest BCUT2D eigenvalue weighted by Gasteiger charge is -2.51. The molecule has 2 heteroatoms. The maximum atomic E-state index is 7.40. The zero-order chi connectivity index (χ0) is 27.1. The minimum atomic E-state index is -1.16. The molecule has 194 valence electrons. The first-order valence-electron chi connectivity index (χ1n) is 13.5. The van der Waals surface area contributed by atoms with E-state index in [9.17, 15) is 0 Å². The molecule has 0 aliphatic heterocycles. The molecule has 0 bridgehead atoms. The van der Waals surface area contributed by atoms with Crippen LogP contribution in [-0.4, -0.2) is 0 Å². The van der Waals surface area contributed by atoms with Crippen LogP contribution in [0, 0.1) is 0 Å². The summed E-state index contributed by atoms with van der Waals surface area (Å²) in [6.07, 6.45) is 0. The van der Waals surface area contributed by atoms with E-state index in [0.29, 0.717) is 0 Å². The Balaban J connectivity index is 1.81. The molecule has 0 saturated carbocycles. The average molecular weight is 519 g/mol. The Bertz CT molecular complexity index is 1400. The Kier molecular flexibility index (Phi) is 7.15. The van der Waals surface area contributed by atoms with Crippen molar-refractivity contribution in [3.05, 3.63) is 204 Å². The second kappa shape index (κ2) is 11.3. The molecule has 0 aliphatic rings. The molecule has 0 aromatic heterocycles. The third-order valence-electron chi connectivity index (χ3n) is 7.25. The van der Waals surface area contributed by atoms with Crippen molar-refractivity contribution >= 4 is 0 Å². The van der Waals surface area contributed by atoms with E-state index in [2.05, 4.69) is 97.1 Å². The molecule has 6 rings (SSSR count). The van der Waals surface area contributed by atoms with Gasteiger partial charge in [0.15, 0.2) is 0 Å². The molecule has 40 heavy (non-hydrogen) atoms. The van der Waals surface area contributed by atoms with Gasteiger partial charge >= 0.3 is 0 Å². The highest BCUT2D eigenvalue weighted by Gasteiger charge is 2.61. The van der Waals surface area contributed by atoms with E-state index in [1.165, 1.54) is 0 Å². The van der Waals surface area contributed by atoms with Gasteiger partial charge in [-0.1, -0.05) is 158 Å². The van der Waals surface area contributed by atoms with Crippen molar-refractivity contribution in [3.63, 3.8) is 0 Å². The van der Waals surface area contributed by atoms with Crippen molar-refractivity contribution in [2.24, 2.45) is 0 Å². The Labute approximate surface area is 236 Å². The van der Waals surface area contributed by atoms with E-state index in [1.54, 1.807) is 0 Å². The van der Waals surface area contributed by atoms with E-state index in [4.69, 9.17) is 9.47 Å². The molecule has 0 fully saturated rings. The standard InChI is InChI=1S/C38H30O2/c1-7-19-31(20-8-1)37(32-21-9-2-10-22-32,39-35-27-15-5-16-28-35)38(33-23-11-3-12-24-33,34-25-13-4-14-26-34)40-36-29-17-6-18-30-36/h1-30H. The first kappa shape index (κ1) is 25.2. The van der Waals surface area contributed by atoms with Gasteiger partial charge < -0.3 is 9.47 Å². The fourth-order valence-electron chi connectivity index (χ4n) is 5.55. The molecule has 0 atom stereocenters. The van der Waals surface area contributed by atoms with Crippen LogP contribution >= 0.6 is 0 Å². The fourth-order valence-corrected chi connectivity index (χ4v) is 5.55. The Morgan fingerprint density at radius 2 is 0.450 bits per heavy atom. The van der Waals surface area contributed by atoms with Crippen molar-refractivity contribution in [3.8, 4) is 11.5 Å². The van der Waals surface area contributed by atoms with Crippen LogP contribution in [0.5, 0.6) is 11.5 Å². The lowest BCUT2D eigenvalue weighted by atomic mass is 9.65. The smallest absolute Gasteiger partial charge is 0.207 e. The summed E-state index contributed by atoms with van der Waals surface area (Å²) in [5.74, 6) is 1.48. The molecule has 0 amide bonds. The van der Waals surface area contributed by atoms with Gasteiger partial charge in [0, 0.05) is 22.3 Å². The van der Waals surface area contributed by atoms with Crippen LogP contribution in [0.1, 0.15) is 22.3 Å². The number of para-hydroxylation sites is 2. The lowest BCUT2D eigenvalue weighted by Crippen LogP contribution is -2.58. The van der Waals surface area contributed by atoms with Crippen molar-refractivity contribution < 1.29 is 9.47 Å². The van der Waals surface area contributed by atoms with Crippen LogP contribution in [0.4, 0.5) is 0 Å². The Morgan fingerprint density at radius 1 is 0.250 bits per heavy atom. The number of benzene rings is 6. The van der Waals surface area contributed by atoms with Crippen molar-refractivity contribution in [1.82, 2.24) is 0 Å². The van der Waals surface area contributed by atoms with Gasteiger partial charge in [0.2, 0.25) is 11.2 Å². The van der Waals surface area contributed by atoms with E-state index in [0.717, 1.165) is 33.8 Å². The predicted octanol–water partition coefficient (Wildman–Crippen LogP) is 9.03. The van der Waals surface area contributed by atoms with Gasteiger partial charge in [0.05, 0.1) is 0 Å². The summed E-state index contributed by atoms with van der Waals surface area (Å²) in [5, 5.41) is 0. The van der Waals surface area contributed by atoms with Gasteiger partial charge in [-0.05, 0) is 24.3 Å². The maximum Gasteiger partial charge on any atom is 0.207 e. The molecule has 0 aliphatic carbocycles. The SMILES string of the molecule is c1ccc(OC(c2ccccc2)(c2ccccc2)C(Oc2ccccc2)(c2ccccc2)c2ccccc2)cc1. The first-order valence-corrected chi connectivity index (χ1v) is 13.5. The molecule has 0 heterocycles. The first-order chi connectivity index (χ1) is 19.8. The largest absolute Gasteiger partial charge is 0.473 e. The van der Waals surface area contributed by atoms with Crippen LogP contribution in [-0.2, 0) is 11.2 Å². The Hall–Kier alpha value is -5.08. The van der Waals surface area contributed by atoms with Gasteiger partial charge in [0.25, 0.3) is 0 Å². The van der Waals surface area contributed by atoms with Gasteiger partial charge in [-0.15, -0.1) is 0 Å². The number of hydrogen-bond acceptors (Lipinski definition) is 2. The Morgan fingerprint density at radius 3 is 0.675 bits per heavy atom. The maximum absolute atomic E-state index is 7.40. The van der Waals surface area contributed by atoms with Crippen LogP contribution in [0.3, 0.4) is 0 Å². The molecule has 6 aromatic carbocycles. The van der Waals surface area contributed by atoms with Crippen molar-refractivity contribution in [1.29, 1.82) is 0 Å². The number of ether oxygens (including phenoxy) is 2. The van der Waals surface area contributed by atoms with Crippen molar-refractivity contribution in [2.45, 2.75) is 11.2 Å².